The van der Waals surface area contributed by atoms with Crippen LogP contribution >= 0.6 is 11.8 Å². The number of nitro benzene ring substituents is 1. The van der Waals surface area contributed by atoms with Crippen molar-refractivity contribution in [2.24, 2.45) is 5.92 Å². The number of aromatic nitrogens is 3. The molecular formula is C32H37N5O3S. The van der Waals surface area contributed by atoms with Crippen molar-refractivity contribution in [1.29, 1.82) is 0 Å². The molecule has 1 amide bonds. The van der Waals surface area contributed by atoms with E-state index < -0.39 is 11.0 Å². The summed E-state index contributed by atoms with van der Waals surface area (Å²) in [5.41, 5.74) is 4.11. The predicted octanol–water partition coefficient (Wildman–Crippen LogP) is 7.39. The molecule has 1 heterocycles. The fourth-order valence-electron chi connectivity index (χ4n) is 4.83. The number of benzene rings is 3. The Morgan fingerprint density at radius 3 is 2.39 bits per heavy atom. The summed E-state index contributed by atoms with van der Waals surface area (Å²) < 4.78 is 1.92. The average Bonchev–Trinajstić information content (AvgIpc) is 3.40. The fourth-order valence-corrected chi connectivity index (χ4v) is 5.74. The van der Waals surface area contributed by atoms with Crippen LogP contribution in [0.5, 0.6) is 0 Å². The molecule has 214 valence electrons. The molecule has 0 saturated carbocycles. The molecule has 1 N–H and O–H groups in total. The number of nitrogens with one attached hydrogen (secondary N) is 1. The summed E-state index contributed by atoms with van der Waals surface area (Å²) >= 11 is 1.54. The molecule has 0 radical (unpaired) electrons. The van der Waals surface area contributed by atoms with Gasteiger partial charge in [0.25, 0.3) is 5.69 Å². The number of unbranched alkanes of at least 4 members (excludes halogenated alkanes) is 1. The van der Waals surface area contributed by atoms with Crippen molar-refractivity contribution in [2.75, 3.05) is 0 Å². The van der Waals surface area contributed by atoms with Gasteiger partial charge in [-0.25, -0.2) is 0 Å². The van der Waals surface area contributed by atoms with E-state index in [0.717, 1.165) is 36.8 Å². The van der Waals surface area contributed by atoms with E-state index in [9.17, 15) is 14.9 Å². The zero-order valence-electron chi connectivity index (χ0n) is 23.8. The lowest BCUT2D eigenvalue weighted by molar-refractivity contribution is -0.384. The van der Waals surface area contributed by atoms with Gasteiger partial charge in [-0.1, -0.05) is 98.6 Å². The van der Waals surface area contributed by atoms with Crippen LogP contribution in [0.1, 0.15) is 68.1 Å². The first-order valence-corrected chi connectivity index (χ1v) is 15.1. The van der Waals surface area contributed by atoms with E-state index in [1.165, 1.54) is 17.7 Å². The van der Waals surface area contributed by atoms with E-state index >= 15 is 0 Å². The van der Waals surface area contributed by atoms with Crippen LogP contribution in [0.2, 0.25) is 0 Å². The van der Waals surface area contributed by atoms with Gasteiger partial charge < -0.3 is 5.32 Å². The summed E-state index contributed by atoms with van der Waals surface area (Å²) in [6.07, 6.45) is 4.16. The topological polar surface area (TPSA) is 103 Å². The lowest BCUT2D eigenvalue weighted by Crippen LogP contribution is -2.36. The van der Waals surface area contributed by atoms with Gasteiger partial charge in [0.05, 0.1) is 11.0 Å². The van der Waals surface area contributed by atoms with Gasteiger partial charge in [0.15, 0.2) is 11.0 Å². The molecular weight excluding hydrogens is 534 g/mol. The Labute approximate surface area is 245 Å². The summed E-state index contributed by atoms with van der Waals surface area (Å²) in [5, 5.41) is 24.5. The monoisotopic (exact) mass is 571 g/mol. The summed E-state index contributed by atoms with van der Waals surface area (Å²) in [6, 6.07) is 24.2. The molecule has 0 spiro atoms. The van der Waals surface area contributed by atoms with Crippen LogP contribution in [-0.4, -0.2) is 25.6 Å². The van der Waals surface area contributed by atoms with E-state index in [1.807, 2.05) is 47.9 Å². The van der Waals surface area contributed by atoms with Gasteiger partial charge >= 0.3 is 0 Å². The largest absolute Gasteiger partial charge is 0.345 e. The molecule has 2 atom stereocenters. The molecule has 0 aliphatic carbocycles. The number of hydrogen-bond donors (Lipinski definition) is 1. The van der Waals surface area contributed by atoms with Gasteiger partial charge in [0, 0.05) is 29.5 Å². The molecule has 0 aliphatic rings. The van der Waals surface area contributed by atoms with Crippen LogP contribution in [0, 0.1) is 23.0 Å². The van der Waals surface area contributed by atoms with Crippen LogP contribution in [0.25, 0.3) is 5.69 Å². The highest BCUT2D eigenvalue weighted by atomic mass is 32.2. The highest BCUT2D eigenvalue weighted by Crippen LogP contribution is 2.30. The number of nitro groups is 1. The van der Waals surface area contributed by atoms with Crippen molar-refractivity contribution >= 4 is 23.4 Å². The Bertz CT molecular complexity index is 1440. The van der Waals surface area contributed by atoms with Crippen LogP contribution in [-0.2, 0) is 17.0 Å². The molecule has 9 heteroatoms. The van der Waals surface area contributed by atoms with Gasteiger partial charge in [-0.15, -0.1) is 10.2 Å². The highest BCUT2D eigenvalue weighted by Gasteiger charge is 2.27. The second-order valence-corrected chi connectivity index (χ2v) is 11.2. The molecule has 3 aromatic carbocycles. The van der Waals surface area contributed by atoms with E-state index in [-0.39, 0.29) is 17.5 Å². The lowest BCUT2D eigenvalue weighted by Gasteiger charge is -2.23. The van der Waals surface area contributed by atoms with E-state index in [0.29, 0.717) is 28.8 Å². The zero-order chi connectivity index (χ0) is 29.2. The molecule has 1 aromatic heterocycles. The number of rotatable bonds is 14. The third-order valence-electron chi connectivity index (χ3n) is 7.11. The maximum absolute atomic E-state index is 13.5. The first-order valence-electron chi connectivity index (χ1n) is 14.1. The van der Waals surface area contributed by atoms with Crippen molar-refractivity contribution in [2.45, 2.75) is 69.8 Å². The normalized spacial score (nSPS) is 12.6. The minimum Gasteiger partial charge on any atom is -0.345 e. The quantitative estimate of drug-likeness (QED) is 0.0961. The minimum atomic E-state index is -0.448. The molecule has 0 saturated heterocycles. The summed E-state index contributed by atoms with van der Waals surface area (Å²) in [4.78, 5) is 24.5. The van der Waals surface area contributed by atoms with Gasteiger partial charge in [0.1, 0.15) is 0 Å². The van der Waals surface area contributed by atoms with Crippen molar-refractivity contribution in [3.05, 3.63) is 111 Å². The Kier molecular flexibility index (Phi) is 10.7. The maximum Gasteiger partial charge on any atom is 0.269 e. The van der Waals surface area contributed by atoms with Crippen LogP contribution < -0.4 is 5.32 Å². The SMILES string of the molecule is CCCC[C@H](CC)C(=O)N[C@H](Cc1ccccc1)c1nnc(SCc2cccc(C)c2)n1-c1ccc([N+](=O)[O-])cc1. The summed E-state index contributed by atoms with van der Waals surface area (Å²) in [5.74, 6) is 1.19. The van der Waals surface area contributed by atoms with Gasteiger partial charge in [-0.05, 0) is 49.4 Å². The number of thioether (sulfide) groups is 1. The third kappa shape index (κ3) is 8.04. The Morgan fingerprint density at radius 2 is 1.73 bits per heavy atom. The minimum absolute atomic E-state index is 0.00758. The van der Waals surface area contributed by atoms with E-state index in [4.69, 9.17) is 0 Å². The smallest absolute Gasteiger partial charge is 0.269 e. The molecule has 8 nitrogen and oxygen atoms in total. The fraction of sp³-hybridized carbons (Fsp3) is 0.344. The van der Waals surface area contributed by atoms with Crippen molar-refractivity contribution in [3.63, 3.8) is 0 Å². The number of aryl methyl sites for hydroxylation is 1. The second kappa shape index (κ2) is 14.6. The van der Waals surface area contributed by atoms with Crippen LogP contribution in [0.4, 0.5) is 5.69 Å². The number of carbonyl (C=O) groups excluding carboxylic acids is 1. The zero-order valence-corrected chi connectivity index (χ0v) is 24.6. The molecule has 0 unspecified atom stereocenters. The molecule has 41 heavy (non-hydrogen) atoms. The molecule has 0 fully saturated rings. The van der Waals surface area contributed by atoms with Crippen molar-refractivity contribution in [3.8, 4) is 5.69 Å². The first kappa shape index (κ1) is 30.0. The van der Waals surface area contributed by atoms with Crippen molar-refractivity contribution < 1.29 is 9.72 Å². The Balaban J connectivity index is 1.74. The Morgan fingerprint density at radius 1 is 1.00 bits per heavy atom. The van der Waals surface area contributed by atoms with Crippen LogP contribution in [0.3, 0.4) is 0 Å². The van der Waals surface area contributed by atoms with Gasteiger partial charge in [-0.2, -0.15) is 0 Å². The molecule has 4 rings (SSSR count). The number of non-ortho nitro benzene ring substituents is 1. The molecule has 0 aliphatic heterocycles. The van der Waals surface area contributed by atoms with Gasteiger partial charge in [0.2, 0.25) is 5.91 Å². The number of hydrogen-bond acceptors (Lipinski definition) is 6. The summed E-state index contributed by atoms with van der Waals surface area (Å²) in [6.45, 7) is 6.24. The average molecular weight is 572 g/mol. The van der Waals surface area contributed by atoms with Crippen LogP contribution in [0.15, 0.2) is 84.0 Å². The molecule has 4 aromatic rings. The van der Waals surface area contributed by atoms with E-state index in [2.05, 4.69) is 47.6 Å². The van der Waals surface area contributed by atoms with Crippen molar-refractivity contribution in [1.82, 2.24) is 20.1 Å². The lowest BCUT2D eigenvalue weighted by atomic mass is 9.97. The van der Waals surface area contributed by atoms with E-state index in [1.54, 1.807) is 23.9 Å². The maximum atomic E-state index is 13.5. The standard InChI is InChI=1S/C32H37N5O3S/c1-4-6-15-26(5-2)31(38)33-29(21-24-12-8-7-9-13-24)30-34-35-32(41-22-25-14-10-11-23(3)20-25)36(30)27-16-18-28(19-17-27)37(39)40/h7-14,16-20,26,29H,4-6,15,21-22H2,1-3H3,(H,33,38)/t26-,29+/m0/s1. The first-order chi connectivity index (χ1) is 19.9. The Hall–Kier alpha value is -3.98. The second-order valence-electron chi connectivity index (χ2n) is 10.2. The van der Waals surface area contributed by atoms with Gasteiger partial charge in [-0.3, -0.25) is 19.5 Å². The number of nitrogens with zero attached hydrogens (tertiary/aromatic N) is 4. The highest BCUT2D eigenvalue weighted by molar-refractivity contribution is 7.98. The third-order valence-corrected chi connectivity index (χ3v) is 8.11. The number of carbonyl (C=O) groups is 1. The number of amides is 1. The predicted molar refractivity (Wildman–Crippen MR) is 163 cm³/mol. The summed E-state index contributed by atoms with van der Waals surface area (Å²) in [7, 11) is 0. The molecule has 0 bridgehead atoms.